The lowest BCUT2D eigenvalue weighted by molar-refractivity contribution is -0.213. The quantitative estimate of drug-likeness (QED) is 0.556. The van der Waals surface area contributed by atoms with Crippen LogP contribution in [0.3, 0.4) is 0 Å². The van der Waals surface area contributed by atoms with E-state index in [1.165, 1.54) is 5.06 Å². The molecule has 0 spiro atoms. The van der Waals surface area contributed by atoms with Crippen LogP contribution in [0.2, 0.25) is 0 Å². The zero-order valence-corrected chi connectivity index (χ0v) is 7.01. The molecule has 1 heterocycles. The summed E-state index contributed by atoms with van der Waals surface area (Å²) in [5, 5.41) is 10.5. The Kier molecular flexibility index (Phi) is 1.54. The second-order valence-electron chi connectivity index (χ2n) is 3.87. The van der Waals surface area contributed by atoms with Crippen molar-refractivity contribution in [2.45, 2.75) is 39.0 Å². The van der Waals surface area contributed by atoms with Crippen molar-refractivity contribution >= 4 is 0 Å². The van der Waals surface area contributed by atoms with Crippen molar-refractivity contribution < 1.29 is 9.94 Å². The fraction of sp³-hybridized carbons (Fsp3) is 1.00. The minimum atomic E-state index is -0.524. The third-order valence-corrected chi connectivity index (χ3v) is 1.68. The lowest BCUT2D eigenvalue weighted by Gasteiger charge is -2.24. The maximum Gasteiger partial charge on any atom is 0.139 e. The van der Waals surface area contributed by atoms with Gasteiger partial charge in [-0.3, -0.25) is 0 Å². The van der Waals surface area contributed by atoms with E-state index in [2.05, 4.69) is 0 Å². The highest BCUT2D eigenvalue weighted by atomic mass is 16.6. The van der Waals surface area contributed by atoms with Crippen LogP contribution in [0.25, 0.3) is 0 Å². The van der Waals surface area contributed by atoms with Crippen molar-refractivity contribution in [1.82, 2.24) is 5.06 Å². The van der Waals surface area contributed by atoms with Crippen LogP contribution >= 0.6 is 0 Å². The predicted molar refractivity (Wildman–Crippen MR) is 37.7 cm³/mol. The number of rotatable bonds is 0. The molecule has 3 heteroatoms. The van der Waals surface area contributed by atoms with E-state index in [0.717, 1.165) is 0 Å². The van der Waals surface area contributed by atoms with Gasteiger partial charge >= 0.3 is 0 Å². The first kappa shape index (κ1) is 7.98. The van der Waals surface area contributed by atoms with Gasteiger partial charge in [0.15, 0.2) is 0 Å². The molecule has 0 aromatic heterocycles. The van der Waals surface area contributed by atoms with Crippen molar-refractivity contribution in [3.8, 4) is 0 Å². The van der Waals surface area contributed by atoms with Crippen molar-refractivity contribution in [3.05, 3.63) is 0 Å². The van der Waals surface area contributed by atoms with Crippen LogP contribution < -0.4 is 0 Å². The highest BCUT2D eigenvalue weighted by molar-refractivity contribution is 4.85. The number of hydroxylamine groups is 2. The molecule has 1 aliphatic heterocycles. The minimum Gasteiger partial charge on any atom is -0.352 e. The lowest BCUT2D eigenvalue weighted by atomic mass is 10.1. The number of nitrogens with zero attached hydrogens (tertiary/aromatic N) is 1. The van der Waals surface area contributed by atoms with Gasteiger partial charge in [-0.1, -0.05) is 0 Å². The summed E-state index contributed by atoms with van der Waals surface area (Å²) in [6, 6.07) is 0. The molecule has 0 unspecified atom stereocenters. The molecule has 0 radical (unpaired) electrons. The van der Waals surface area contributed by atoms with Gasteiger partial charge in [0.2, 0.25) is 0 Å². The highest BCUT2D eigenvalue weighted by Crippen LogP contribution is 2.31. The molecule has 1 saturated heterocycles. The molecule has 0 aromatic carbocycles. The Balaban J connectivity index is 2.71. The monoisotopic (exact) mass is 145 g/mol. The molecule has 1 N–H and O–H groups in total. The normalized spacial score (nSPS) is 30.9. The van der Waals surface area contributed by atoms with Crippen LogP contribution in [-0.2, 0) is 4.74 Å². The van der Waals surface area contributed by atoms with Crippen molar-refractivity contribution in [3.63, 3.8) is 0 Å². The maximum atomic E-state index is 9.30. The van der Waals surface area contributed by atoms with Gasteiger partial charge in [0.05, 0.1) is 12.1 Å². The first-order valence-electron chi connectivity index (χ1n) is 3.50. The summed E-state index contributed by atoms with van der Waals surface area (Å²) >= 11 is 0. The first-order chi connectivity index (χ1) is 4.33. The summed E-state index contributed by atoms with van der Waals surface area (Å²) in [5.74, 6) is 0. The van der Waals surface area contributed by atoms with E-state index in [1.807, 2.05) is 27.7 Å². The van der Waals surface area contributed by atoms with E-state index in [-0.39, 0.29) is 5.60 Å². The van der Waals surface area contributed by atoms with E-state index in [9.17, 15) is 5.21 Å². The average Bonchev–Trinajstić information content (AvgIpc) is 1.73. The van der Waals surface area contributed by atoms with Crippen LogP contribution in [0.5, 0.6) is 0 Å². The molecular weight excluding hydrogens is 130 g/mol. The molecule has 0 amide bonds. The van der Waals surface area contributed by atoms with E-state index >= 15 is 0 Å². The minimum absolute atomic E-state index is 0.224. The largest absolute Gasteiger partial charge is 0.352 e. The molecular formula is C7H15NO2. The van der Waals surface area contributed by atoms with Gasteiger partial charge in [0, 0.05) is 0 Å². The Hall–Kier alpha value is -0.120. The van der Waals surface area contributed by atoms with Gasteiger partial charge in [-0.05, 0) is 27.7 Å². The second kappa shape index (κ2) is 1.94. The summed E-state index contributed by atoms with van der Waals surface area (Å²) in [4.78, 5) is 0. The van der Waals surface area contributed by atoms with Gasteiger partial charge < -0.3 is 9.94 Å². The lowest BCUT2D eigenvalue weighted by Crippen LogP contribution is -2.36. The fourth-order valence-corrected chi connectivity index (χ4v) is 1.31. The Morgan fingerprint density at radius 2 is 1.80 bits per heavy atom. The van der Waals surface area contributed by atoms with E-state index < -0.39 is 5.72 Å². The molecule has 1 aliphatic rings. The van der Waals surface area contributed by atoms with E-state index in [1.54, 1.807) is 0 Å². The van der Waals surface area contributed by atoms with Crippen LogP contribution in [0, 0.1) is 0 Å². The first-order valence-corrected chi connectivity index (χ1v) is 3.50. The van der Waals surface area contributed by atoms with Gasteiger partial charge in [0.25, 0.3) is 0 Å². The van der Waals surface area contributed by atoms with E-state index in [4.69, 9.17) is 4.74 Å². The third kappa shape index (κ3) is 1.31. The molecule has 0 saturated carbocycles. The van der Waals surface area contributed by atoms with Crippen molar-refractivity contribution in [2.24, 2.45) is 0 Å². The molecule has 0 aliphatic carbocycles. The maximum absolute atomic E-state index is 9.30. The predicted octanol–water partition coefficient (Wildman–Crippen LogP) is 1.22. The number of hydrogen-bond donors (Lipinski definition) is 1. The summed E-state index contributed by atoms with van der Waals surface area (Å²) in [7, 11) is 0. The summed E-state index contributed by atoms with van der Waals surface area (Å²) in [6.07, 6.45) is 0. The standard InChI is InChI=1S/C7H15NO2/c1-6(2)5-8(9)7(3,4)10-6/h9H,5H2,1-4H3. The smallest absolute Gasteiger partial charge is 0.139 e. The summed E-state index contributed by atoms with van der Waals surface area (Å²) in [5.41, 5.74) is -0.748. The Labute approximate surface area is 61.5 Å². The van der Waals surface area contributed by atoms with Crippen molar-refractivity contribution in [2.75, 3.05) is 6.54 Å². The fourth-order valence-electron chi connectivity index (χ4n) is 1.31. The summed E-state index contributed by atoms with van der Waals surface area (Å²) in [6.45, 7) is 8.19. The topological polar surface area (TPSA) is 32.7 Å². The van der Waals surface area contributed by atoms with Crippen LogP contribution in [0.15, 0.2) is 0 Å². The average molecular weight is 145 g/mol. The zero-order chi connectivity index (χ0) is 7.99. The molecule has 1 fully saturated rings. The Morgan fingerprint density at radius 3 is 1.90 bits per heavy atom. The molecule has 10 heavy (non-hydrogen) atoms. The number of ether oxygens (including phenoxy) is 1. The molecule has 0 aromatic rings. The van der Waals surface area contributed by atoms with Crippen LogP contribution in [0.1, 0.15) is 27.7 Å². The van der Waals surface area contributed by atoms with Gasteiger partial charge in [0.1, 0.15) is 5.72 Å². The highest BCUT2D eigenvalue weighted by Gasteiger charge is 2.43. The molecule has 1 rings (SSSR count). The van der Waals surface area contributed by atoms with E-state index in [0.29, 0.717) is 6.54 Å². The number of hydrogen-bond acceptors (Lipinski definition) is 3. The summed E-state index contributed by atoms with van der Waals surface area (Å²) < 4.78 is 5.52. The SMILES string of the molecule is CC1(C)CN(O)C(C)(C)O1. The van der Waals surface area contributed by atoms with Crippen molar-refractivity contribution in [1.29, 1.82) is 0 Å². The molecule has 60 valence electrons. The Bertz CT molecular complexity index is 143. The van der Waals surface area contributed by atoms with Crippen LogP contribution in [0.4, 0.5) is 0 Å². The van der Waals surface area contributed by atoms with Gasteiger partial charge in [-0.15, -0.1) is 0 Å². The second-order valence-corrected chi connectivity index (χ2v) is 3.87. The third-order valence-electron chi connectivity index (χ3n) is 1.68. The van der Waals surface area contributed by atoms with Crippen LogP contribution in [-0.4, -0.2) is 28.1 Å². The molecule has 0 atom stereocenters. The molecule has 0 bridgehead atoms. The van der Waals surface area contributed by atoms with Gasteiger partial charge in [-0.25, -0.2) is 0 Å². The zero-order valence-electron chi connectivity index (χ0n) is 7.01. The molecule has 3 nitrogen and oxygen atoms in total. The van der Waals surface area contributed by atoms with Gasteiger partial charge in [-0.2, -0.15) is 5.06 Å². The Morgan fingerprint density at radius 1 is 1.30 bits per heavy atom.